The molecule has 1 atom stereocenters. The minimum absolute atomic E-state index is 0.0374. The van der Waals surface area contributed by atoms with Crippen LogP contribution in [0, 0.1) is 18.8 Å². The van der Waals surface area contributed by atoms with Crippen molar-refractivity contribution in [3.05, 3.63) is 39.5 Å². The summed E-state index contributed by atoms with van der Waals surface area (Å²) in [5.74, 6) is -4.52. The highest BCUT2D eigenvalue weighted by molar-refractivity contribution is 6.05. The summed E-state index contributed by atoms with van der Waals surface area (Å²) >= 11 is 0. The lowest BCUT2D eigenvalue weighted by Crippen LogP contribution is -2.29. The van der Waals surface area contributed by atoms with Crippen molar-refractivity contribution in [1.29, 1.82) is 0 Å². The maximum atomic E-state index is 13.3. The van der Waals surface area contributed by atoms with Gasteiger partial charge < -0.3 is 30.3 Å². The van der Waals surface area contributed by atoms with Gasteiger partial charge in [0.2, 0.25) is 0 Å². The van der Waals surface area contributed by atoms with Crippen LogP contribution in [-0.2, 0) is 6.42 Å². The molecule has 8 heteroatoms. The van der Waals surface area contributed by atoms with E-state index in [4.69, 9.17) is 4.74 Å². The van der Waals surface area contributed by atoms with Crippen LogP contribution in [0.1, 0.15) is 90.9 Å². The second-order valence-corrected chi connectivity index (χ2v) is 10.2. The molecule has 0 amide bonds. The van der Waals surface area contributed by atoms with Crippen molar-refractivity contribution < 1.29 is 39.9 Å². The van der Waals surface area contributed by atoms with Crippen LogP contribution in [0.4, 0.5) is 0 Å². The molecule has 0 fully saturated rings. The fourth-order valence-electron chi connectivity index (χ4n) is 4.21. The molecule has 3 rings (SSSR count). The zero-order valence-electron chi connectivity index (χ0n) is 21.7. The molecule has 2 aromatic rings. The Hall–Kier alpha value is -3.68. The van der Waals surface area contributed by atoms with Gasteiger partial charge in [0, 0.05) is 34.9 Å². The van der Waals surface area contributed by atoms with Gasteiger partial charge in [0.1, 0.15) is 51.2 Å². The Morgan fingerprint density at radius 2 is 1.42 bits per heavy atom. The standard InChI is InChI=1S/C28H34O8/c1-8-13(4)21(30)19-26(35)17(24(33)15-9-10-28(6,7)36-27(15)19)11-16-22(31)14(5)23(32)18(25(16)34)20(29)12(2)3/h9-10,12-13,31-35H,8,11H2,1-7H3. The Balaban J connectivity index is 2.34. The Bertz CT molecular complexity index is 1280. The smallest absolute Gasteiger partial charge is 0.173 e. The molecule has 2 aromatic carbocycles. The monoisotopic (exact) mass is 498 g/mol. The van der Waals surface area contributed by atoms with Crippen molar-refractivity contribution in [2.24, 2.45) is 11.8 Å². The third-order valence-electron chi connectivity index (χ3n) is 6.74. The lowest BCUT2D eigenvalue weighted by molar-refractivity contribution is 0.0907. The number of fused-ring (bicyclic) bond motifs is 1. The van der Waals surface area contributed by atoms with E-state index in [1.54, 1.807) is 46.8 Å². The molecule has 0 aliphatic carbocycles. The van der Waals surface area contributed by atoms with Gasteiger partial charge >= 0.3 is 0 Å². The predicted octanol–water partition coefficient (Wildman–Crippen LogP) is 5.37. The number of hydrogen-bond donors (Lipinski definition) is 5. The second kappa shape index (κ2) is 9.41. The first-order chi connectivity index (χ1) is 16.6. The van der Waals surface area contributed by atoms with Crippen molar-refractivity contribution in [3.63, 3.8) is 0 Å². The molecule has 1 unspecified atom stereocenters. The molecule has 36 heavy (non-hydrogen) atoms. The predicted molar refractivity (Wildman–Crippen MR) is 135 cm³/mol. The van der Waals surface area contributed by atoms with E-state index >= 15 is 0 Å². The molecule has 0 saturated heterocycles. The van der Waals surface area contributed by atoms with Crippen molar-refractivity contribution in [2.45, 2.75) is 66.9 Å². The van der Waals surface area contributed by atoms with Crippen LogP contribution in [-0.4, -0.2) is 42.7 Å². The molecule has 1 heterocycles. The van der Waals surface area contributed by atoms with Crippen molar-refractivity contribution in [1.82, 2.24) is 0 Å². The van der Waals surface area contributed by atoms with Crippen LogP contribution >= 0.6 is 0 Å². The fourth-order valence-corrected chi connectivity index (χ4v) is 4.21. The van der Waals surface area contributed by atoms with E-state index in [2.05, 4.69) is 0 Å². The SMILES string of the molecule is CCC(C)C(=O)c1c(O)c(Cc2c(O)c(C)c(O)c(C(=O)C(C)C)c2O)c(O)c2c1OC(C)(C)C=C2. The van der Waals surface area contributed by atoms with Crippen LogP contribution in [0.25, 0.3) is 6.08 Å². The molecule has 0 saturated carbocycles. The highest BCUT2D eigenvalue weighted by atomic mass is 16.5. The average molecular weight is 499 g/mol. The summed E-state index contributed by atoms with van der Waals surface area (Å²) in [5, 5.41) is 54.6. The summed E-state index contributed by atoms with van der Waals surface area (Å²) in [6.07, 6.45) is 3.37. The van der Waals surface area contributed by atoms with Gasteiger partial charge in [-0.3, -0.25) is 9.59 Å². The summed E-state index contributed by atoms with van der Waals surface area (Å²) in [6, 6.07) is 0. The first kappa shape index (κ1) is 26.9. The molecule has 0 radical (unpaired) electrons. The Kier molecular flexibility index (Phi) is 7.03. The maximum Gasteiger partial charge on any atom is 0.173 e. The number of carbonyl (C=O) groups excluding carboxylic acids is 2. The quantitative estimate of drug-likeness (QED) is 0.321. The van der Waals surface area contributed by atoms with E-state index < -0.39 is 58.4 Å². The van der Waals surface area contributed by atoms with E-state index in [0.717, 1.165) is 0 Å². The minimum atomic E-state index is -0.797. The summed E-state index contributed by atoms with van der Waals surface area (Å²) < 4.78 is 5.99. The van der Waals surface area contributed by atoms with Crippen molar-refractivity contribution in [3.8, 4) is 34.5 Å². The molecule has 0 bridgehead atoms. The Labute approximate surface area is 210 Å². The number of ether oxygens (including phenoxy) is 1. The number of aromatic hydroxyl groups is 5. The molecule has 1 aliphatic heterocycles. The van der Waals surface area contributed by atoms with E-state index in [0.29, 0.717) is 6.42 Å². The number of Topliss-reactive ketones (excluding diaryl/α,β-unsaturated/α-hetero) is 2. The normalized spacial score (nSPS) is 14.9. The number of carbonyl (C=O) groups is 2. The average Bonchev–Trinajstić information content (AvgIpc) is 2.80. The van der Waals surface area contributed by atoms with Gasteiger partial charge in [-0.05, 0) is 39.3 Å². The van der Waals surface area contributed by atoms with Gasteiger partial charge in [0.15, 0.2) is 11.6 Å². The van der Waals surface area contributed by atoms with Gasteiger partial charge in [-0.1, -0.05) is 27.7 Å². The van der Waals surface area contributed by atoms with Gasteiger partial charge in [-0.2, -0.15) is 0 Å². The summed E-state index contributed by atoms with van der Waals surface area (Å²) in [4.78, 5) is 26.0. The van der Waals surface area contributed by atoms with E-state index in [-0.39, 0.29) is 44.9 Å². The minimum Gasteiger partial charge on any atom is -0.507 e. The van der Waals surface area contributed by atoms with Crippen LogP contribution in [0.5, 0.6) is 34.5 Å². The number of hydrogen-bond acceptors (Lipinski definition) is 8. The Morgan fingerprint density at radius 3 is 1.97 bits per heavy atom. The third-order valence-corrected chi connectivity index (χ3v) is 6.74. The lowest BCUT2D eigenvalue weighted by Gasteiger charge is -2.31. The highest BCUT2D eigenvalue weighted by Gasteiger charge is 2.36. The first-order valence-electron chi connectivity index (χ1n) is 12.0. The van der Waals surface area contributed by atoms with Crippen molar-refractivity contribution in [2.75, 3.05) is 0 Å². The van der Waals surface area contributed by atoms with Gasteiger partial charge in [-0.25, -0.2) is 0 Å². The Morgan fingerprint density at radius 1 is 0.861 bits per heavy atom. The van der Waals surface area contributed by atoms with E-state index in [1.165, 1.54) is 6.92 Å². The molecule has 1 aliphatic rings. The molecule has 0 aromatic heterocycles. The zero-order chi connectivity index (χ0) is 27.3. The number of ketones is 2. The van der Waals surface area contributed by atoms with E-state index in [1.807, 2.05) is 6.92 Å². The number of phenols is 5. The second-order valence-electron chi connectivity index (χ2n) is 10.2. The summed E-state index contributed by atoms with van der Waals surface area (Å²) in [5.41, 5.74) is -1.42. The molecular formula is C28H34O8. The number of rotatable bonds is 7. The summed E-state index contributed by atoms with van der Waals surface area (Å²) in [7, 11) is 0. The summed E-state index contributed by atoms with van der Waals surface area (Å²) in [6.45, 7) is 11.7. The maximum absolute atomic E-state index is 13.3. The fraction of sp³-hybridized carbons (Fsp3) is 0.429. The molecule has 194 valence electrons. The largest absolute Gasteiger partial charge is 0.507 e. The zero-order valence-corrected chi connectivity index (χ0v) is 21.7. The van der Waals surface area contributed by atoms with Gasteiger partial charge in [0.25, 0.3) is 0 Å². The van der Waals surface area contributed by atoms with Gasteiger partial charge in [0.05, 0.1) is 5.56 Å². The lowest BCUT2D eigenvalue weighted by atomic mass is 9.86. The van der Waals surface area contributed by atoms with E-state index in [9.17, 15) is 35.1 Å². The molecule has 5 N–H and O–H groups in total. The molecular weight excluding hydrogens is 464 g/mol. The number of phenolic OH excluding ortho intramolecular Hbond substituents is 5. The van der Waals surface area contributed by atoms with Crippen LogP contribution in [0.3, 0.4) is 0 Å². The molecule has 8 nitrogen and oxygen atoms in total. The van der Waals surface area contributed by atoms with Crippen LogP contribution < -0.4 is 4.74 Å². The van der Waals surface area contributed by atoms with Gasteiger partial charge in [-0.15, -0.1) is 0 Å². The topological polar surface area (TPSA) is 145 Å². The molecule has 0 spiro atoms. The van der Waals surface area contributed by atoms with Crippen LogP contribution in [0.15, 0.2) is 6.08 Å². The van der Waals surface area contributed by atoms with Crippen molar-refractivity contribution >= 4 is 17.6 Å². The first-order valence-corrected chi connectivity index (χ1v) is 12.0. The highest BCUT2D eigenvalue weighted by Crippen LogP contribution is 2.50. The third kappa shape index (κ3) is 4.36. The van der Waals surface area contributed by atoms with Crippen LogP contribution in [0.2, 0.25) is 0 Å². The number of benzene rings is 2.